The maximum atomic E-state index is 12.5. The highest BCUT2D eigenvalue weighted by Crippen LogP contribution is 2.19. The molecule has 0 aliphatic heterocycles. The minimum Gasteiger partial charge on any atom is -0.348 e. The number of carbonyl (C=O) groups is 2. The Hall–Kier alpha value is -3.47. The van der Waals surface area contributed by atoms with E-state index in [4.69, 9.17) is 0 Å². The molecule has 0 fully saturated rings. The van der Waals surface area contributed by atoms with E-state index in [2.05, 4.69) is 15.6 Å². The molecular formula is C22H21N3O2. The van der Waals surface area contributed by atoms with Gasteiger partial charge in [0, 0.05) is 35.8 Å². The number of carbonyl (C=O) groups excluding carboxylic acids is 2. The molecule has 3 rings (SSSR count). The van der Waals surface area contributed by atoms with Gasteiger partial charge in [0.25, 0.3) is 11.8 Å². The Morgan fingerprint density at radius 1 is 0.852 bits per heavy atom. The lowest BCUT2D eigenvalue weighted by Crippen LogP contribution is -2.23. The van der Waals surface area contributed by atoms with Gasteiger partial charge in [0.15, 0.2) is 0 Å². The molecule has 1 heterocycles. The molecule has 2 amide bonds. The van der Waals surface area contributed by atoms with Crippen molar-refractivity contribution in [3.63, 3.8) is 0 Å². The molecule has 2 N–H and O–H groups in total. The summed E-state index contributed by atoms with van der Waals surface area (Å²) >= 11 is 0. The third kappa shape index (κ3) is 4.58. The van der Waals surface area contributed by atoms with Crippen molar-refractivity contribution in [3.05, 3.63) is 94.8 Å². The van der Waals surface area contributed by atoms with E-state index < -0.39 is 0 Å². The van der Waals surface area contributed by atoms with Crippen molar-refractivity contribution in [3.8, 4) is 0 Å². The molecule has 0 saturated carbocycles. The summed E-state index contributed by atoms with van der Waals surface area (Å²) in [5.74, 6) is -0.388. The average Bonchev–Trinajstić information content (AvgIpc) is 2.70. The Morgan fingerprint density at radius 3 is 2.15 bits per heavy atom. The average molecular weight is 359 g/mol. The number of aromatic nitrogens is 1. The molecule has 0 radical (unpaired) electrons. The Labute approximate surface area is 158 Å². The van der Waals surface area contributed by atoms with Gasteiger partial charge in [0.2, 0.25) is 0 Å². The predicted molar refractivity (Wildman–Crippen MR) is 106 cm³/mol. The monoisotopic (exact) mass is 359 g/mol. The molecule has 0 aliphatic carbocycles. The topological polar surface area (TPSA) is 71.1 Å². The van der Waals surface area contributed by atoms with Gasteiger partial charge in [-0.15, -0.1) is 0 Å². The summed E-state index contributed by atoms with van der Waals surface area (Å²) in [5, 5.41) is 5.77. The lowest BCUT2D eigenvalue weighted by atomic mass is 10.1. The largest absolute Gasteiger partial charge is 0.348 e. The summed E-state index contributed by atoms with van der Waals surface area (Å²) < 4.78 is 0. The first kappa shape index (κ1) is 18.3. The van der Waals surface area contributed by atoms with Crippen LogP contribution >= 0.6 is 0 Å². The zero-order valence-corrected chi connectivity index (χ0v) is 15.3. The van der Waals surface area contributed by atoms with Crippen molar-refractivity contribution in [2.75, 3.05) is 5.32 Å². The Bertz CT molecular complexity index is 951. The van der Waals surface area contributed by atoms with Crippen LogP contribution in [0.4, 0.5) is 5.69 Å². The zero-order valence-electron chi connectivity index (χ0n) is 15.3. The van der Waals surface area contributed by atoms with Crippen molar-refractivity contribution in [2.45, 2.75) is 20.4 Å². The summed E-state index contributed by atoms with van der Waals surface area (Å²) in [6, 6.07) is 16.1. The smallest absolute Gasteiger partial charge is 0.255 e. The van der Waals surface area contributed by atoms with Crippen LogP contribution in [0.3, 0.4) is 0 Å². The van der Waals surface area contributed by atoms with Crippen LogP contribution in [0.25, 0.3) is 0 Å². The van der Waals surface area contributed by atoms with Gasteiger partial charge in [0.1, 0.15) is 0 Å². The highest BCUT2D eigenvalue weighted by molar-refractivity contribution is 6.05. The van der Waals surface area contributed by atoms with Gasteiger partial charge in [-0.1, -0.05) is 12.1 Å². The van der Waals surface area contributed by atoms with E-state index in [9.17, 15) is 9.59 Å². The van der Waals surface area contributed by atoms with Gasteiger partial charge >= 0.3 is 0 Å². The molecule has 0 saturated heterocycles. The summed E-state index contributed by atoms with van der Waals surface area (Å²) in [4.78, 5) is 28.6. The first-order valence-electron chi connectivity index (χ1n) is 8.69. The number of nitrogens with one attached hydrogen (secondary N) is 2. The highest BCUT2D eigenvalue weighted by Gasteiger charge is 2.10. The summed E-state index contributed by atoms with van der Waals surface area (Å²) in [7, 11) is 0. The van der Waals surface area contributed by atoms with Crippen LogP contribution in [0.2, 0.25) is 0 Å². The number of benzene rings is 2. The van der Waals surface area contributed by atoms with E-state index in [-0.39, 0.29) is 11.8 Å². The number of rotatable bonds is 5. The summed E-state index contributed by atoms with van der Waals surface area (Å²) in [6.07, 6.45) is 3.37. The van der Waals surface area contributed by atoms with Crippen LogP contribution in [-0.4, -0.2) is 16.8 Å². The fraction of sp³-hybridized carbons (Fsp3) is 0.136. The van der Waals surface area contributed by atoms with Crippen molar-refractivity contribution >= 4 is 17.5 Å². The van der Waals surface area contributed by atoms with E-state index >= 15 is 0 Å². The van der Waals surface area contributed by atoms with Gasteiger partial charge in [-0.05, 0) is 73.0 Å². The SMILES string of the molecule is Cc1cccc(NC(=O)c2ccc(C(=O)NCc3ccncc3)cc2)c1C. The third-order valence-corrected chi connectivity index (χ3v) is 4.46. The van der Waals surface area contributed by atoms with Crippen LogP contribution in [0.1, 0.15) is 37.4 Å². The fourth-order valence-electron chi connectivity index (χ4n) is 2.64. The Morgan fingerprint density at radius 2 is 1.48 bits per heavy atom. The molecule has 3 aromatic rings. The normalized spacial score (nSPS) is 10.3. The molecule has 5 nitrogen and oxygen atoms in total. The number of pyridine rings is 1. The first-order valence-corrected chi connectivity index (χ1v) is 8.69. The van der Waals surface area contributed by atoms with E-state index in [0.29, 0.717) is 17.7 Å². The third-order valence-electron chi connectivity index (χ3n) is 4.46. The molecule has 0 unspecified atom stereocenters. The number of anilines is 1. The van der Waals surface area contributed by atoms with Gasteiger partial charge in [-0.25, -0.2) is 0 Å². The van der Waals surface area contributed by atoms with Crippen molar-refractivity contribution in [2.24, 2.45) is 0 Å². The van der Waals surface area contributed by atoms with Crippen LogP contribution in [0.5, 0.6) is 0 Å². The maximum absolute atomic E-state index is 12.5. The van der Waals surface area contributed by atoms with Gasteiger partial charge in [-0.3, -0.25) is 14.6 Å². The molecule has 0 bridgehead atoms. The van der Waals surface area contributed by atoms with Gasteiger partial charge in [0.05, 0.1) is 0 Å². The van der Waals surface area contributed by atoms with Crippen LogP contribution in [0, 0.1) is 13.8 Å². The molecule has 0 spiro atoms. The highest BCUT2D eigenvalue weighted by atomic mass is 16.2. The number of hydrogen-bond donors (Lipinski definition) is 2. The molecule has 1 aromatic heterocycles. The fourth-order valence-corrected chi connectivity index (χ4v) is 2.64. The summed E-state index contributed by atoms with van der Waals surface area (Å²) in [5.41, 5.74) is 4.93. The predicted octanol–water partition coefficient (Wildman–Crippen LogP) is 3.88. The molecule has 2 aromatic carbocycles. The molecule has 0 aliphatic rings. The number of hydrogen-bond acceptors (Lipinski definition) is 3. The second-order valence-electron chi connectivity index (χ2n) is 6.32. The molecular weight excluding hydrogens is 338 g/mol. The van der Waals surface area contributed by atoms with Gasteiger partial charge in [-0.2, -0.15) is 0 Å². The van der Waals surface area contributed by atoms with E-state index in [0.717, 1.165) is 22.4 Å². The minimum atomic E-state index is -0.201. The number of nitrogens with zero attached hydrogens (tertiary/aromatic N) is 1. The van der Waals surface area contributed by atoms with E-state index in [1.165, 1.54) is 0 Å². The maximum Gasteiger partial charge on any atom is 0.255 e. The lowest BCUT2D eigenvalue weighted by Gasteiger charge is -2.11. The molecule has 136 valence electrons. The second kappa shape index (κ2) is 8.27. The van der Waals surface area contributed by atoms with E-state index in [1.54, 1.807) is 36.7 Å². The van der Waals surface area contributed by atoms with Crippen molar-refractivity contribution < 1.29 is 9.59 Å². The lowest BCUT2D eigenvalue weighted by molar-refractivity contribution is 0.0949. The van der Waals surface area contributed by atoms with Crippen LogP contribution in [-0.2, 0) is 6.54 Å². The van der Waals surface area contributed by atoms with Crippen molar-refractivity contribution in [1.29, 1.82) is 0 Å². The quantitative estimate of drug-likeness (QED) is 0.726. The Kier molecular flexibility index (Phi) is 5.61. The minimum absolute atomic E-state index is 0.187. The number of aryl methyl sites for hydroxylation is 1. The molecule has 5 heteroatoms. The van der Waals surface area contributed by atoms with Gasteiger partial charge < -0.3 is 10.6 Å². The molecule has 0 atom stereocenters. The van der Waals surface area contributed by atoms with E-state index in [1.807, 2.05) is 44.2 Å². The first-order chi connectivity index (χ1) is 13.0. The second-order valence-corrected chi connectivity index (χ2v) is 6.32. The summed E-state index contributed by atoms with van der Waals surface area (Å²) in [6.45, 7) is 4.40. The van der Waals surface area contributed by atoms with Crippen LogP contribution in [0.15, 0.2) is 67.0 Å². The van der Waals surface area contributed by atoms with Crippen LogP contribution < -0.4 is 10.6 Å². The standard InChI is InChI=1S/C22H21N3O2/c1-15-4-3-5-20(16(15)2)25-22(27)19-8-6-18(7-9-19)21(26)24-14-17-10-12-23-13-11-17/h3-13H,14H2,1-2H3,(H,24,26)(H,25,27). The zero-order chi connectivity index (χ0) is 19.2. The Balaban J connectivity index is 1.63. The van der Waals surface area contributed by atoms with Crippen molar-refractivity contribution in [1.82, 2.24) is 10.3 Å². The molecule has 27 heavy (non-hydrogen) atoms. The number of amides is 2.